The topological polar surface area (TPSA) is 42.2 Å². The minimum atomic E-state index is -4.48. The van der Waals surface area contributed by atoms with Crippen LogP contribution in [0, 0.1) is 0 Å². The highest BCUT2D eigenvalue weighted by atomic mass is 19.4. The van der Waals surface area contributed by atoms with E-state index in [0.29, 0.717) is 0 Å². The number of nitrogens with one attached hydrogen (secondary N) is 1. The van der Waals surface area contributed by atoms with E-state index < -0.39 is 11.9 Å². The summed E-state index contributed by atoms with van der Waals surface area (Å²) >= 11 is 0. The molecule has 0 atom stereocenters. The first-order chi connectivity index (χ1) is 6.04. The summed E-state index contributed by atoms with van der Waals surface area (Å²) in [4.78, 5) is 9.68. The maximum atomic E-state index is 11.9. The third kappa shape index (κ3) is 2.50. The molecule has 0 spiro atoms. The van der Waals surface area contributed by atoms with E-state index in [-0.39, 0.29) is 12.3 Å². The van der Waals surface area contributed by atoms with Crippen LogP contribution in [0.25, 0.3) is 0 Å². The molecule has 1 aromatic heterocycles. The number of amides is 1. The van der Waals surface area contributed by atoms with E-state index in [0.717, 1.165) is 12.1 Å². The molecular formula is C7H5F3NO2. The van der Waals surface area contributed by atoms with Gasteiger partial charge in [0.15, 0.2) is 0 Å². The zero-order chi connectivity index (χ0) is 9.90. The van der Waals surface area contributed by atoms with E-state index in [2.05, 4.69) is 9.73 Å². The smallest absolute Gasteiger partial charge is 0.449 e. The van der Waals surface area contributed by atoms with Crippen molar-refractivity contribution >= 4 is 6.41 Å². The largest absolute Gasteiger partial charge is 0.455 e. The van der Waals surface area contributed by atoms with Crippen molar-refractivity contribution in [2.24, 2.45) is 0 Å². The summed E-state index contributed by atoms with van der Waals surface area (Å²) in [7, 11) is 0. The number of hydrogen-bond donors (Lipinski definition) is 1. The third-order valence-electron chi connectivity index (χ3n) is 1.28. The highest BCUT2D eigenvalue weighted by molar-refractivity contribution is 5.46. The van der Waals surface area contributed by atoms with Crippen LogP contribution in [0.2, 0.25) is 0 Å². The Hall–Kier alpha value is -1.46. The molecule has 3 nitrogen and oxygen atoms in total. The molecule has 71 valence electrons. The number of rotatable bonds is 3. The van der Waals surface area contributed by atoms with Gasteiger partial charge >= 0.3 is 12.6 Å². The van der Waals surface area contributed by atoms with Gasteiger partial charge in [-0.25, -0.2) is 0 Å². The molecule has 0 aliphatic heterocycles. The molecular weight excluding hydrogens is 187 g/mol. The maximum absolute atomic E-state index is 11.9. The van der Waals surface area contributed by atoms with Gasteiger partial charge in [0.25, 0.3) is 0 Å². The van der Waals surface area contributed by atoms with Crippen molar-refractivity contribution in [3.8, 4) is 0 Å². The van der Waals surface area contributed by atoms with E-state index >= 15 is 0 Å². The van der Waals surface area contributed by atoms with Gasteiger partial charge in [0.05, 0.1) is 6.54 Å². The molecule has 1 amide bonds. The molecule has 0 saturated carbocycles. The van der Waals surface area contributed by atoms with E-state index in [4.69, 9.17) is 0 Å². The number of furan rings is 1. The summed E-state index contributed by atoms with van der Waals surface area (Å²) in [6, 6.07) is 1.95. The van der Waals surface area contributed by atoms with Crippen molar-refractivity contribution in [3.05, 3.63) is 23.7 Å². The summed E-state index contributed by atoms with van der Waals surface area (Å²) in [6.45, 7) is -0.0976. The Morgan fingerprint density at radius 2 is 2.15 bits per heavy atom. The molecule has 0 aliphatic rings. The SMILES string of the molecule is O=[C]NCc1ccc(C(F)(F)F)o1. The van der Waals surface area contributed by atoms with E-state index in [1.807, 2.05) is 0 Å². The molecule has 0 unspecified atom stereocenters. The first kappa shape index (κ1) is 9.63. The lowest BCUT2D eigenvalue weighted by atomic mass is 10.4. The number of carbonyl (C=O) groups excluding carboxylic acids is 1. The van der Waals surface area contributed by atoms with Crippen LogP contribution >= 0.6 is 0 Å². The Balaban J connectivity index is 2.69. The molecule has 1 N–H and O–H groups in total. The summed E-state index contributed by atoms with van der Waals surface area (Å²) < 4.78 is 40.2. The van der Waals surface area contributed by atoms with E-state index in [9.17, 15) is 18.0 Å². The fraction of sp³-hybridized carbons (Fsp3) is 0.286. The molecule has 0 bridgehead atoms. The van der Waals surface area contributed by atoms with Gasteiger partial charge in [-0.3, -0.25) is 4.79 Å². The Morgan fingerprint density at radius 1 is 1.46 bits per heavy atom. The second-order valence-electron chi connectivity index (χ2n) is 2.22. The van der Waals surface area contributed by atoms with Crippen LogP contribution in [0.1, 0.15) is 11.5 Å². The first-order valence-corrected chi connectivity index (χ1v) is 3.30. The van der Waals surface area contributed by atoms with E-state index in [1.54, 1.807) is 0 Å². The van der Waals surface area contributed by atoms with Crippen LogP contribution in [-0.4, -0.2) is 6.41 Å². The van der Waals surface area contributed by atoms with Crippen molar-refractivity contribution in [2.75, 3.05) is 0 Å². The van der Waals surface area contributed by atoms with Crippen LogP contribution in [0.4, 0.5) is 13.2 Å². The second kappa shape index (κ2) is 3.51. The van der Waals surface area contributed by atoms with Crippen molar-refractivity contribution in [1.29, 1.82) is 0 Å². The zero-order valence-corrected chi connectivity index (χ0v) is 6.31. The normalized spacial score (nSPS) is 11.3. The fourth-order valence-electron chi connectivity index (χ4n) is 0.748. The zero-order valence-electron chi connectivity index (χ0n) is 6.31. The highest BCUT2D eigenvalue weighted by Crippen LogP contribution is 2.30. The average Bonchev–Trinajstić information content (AvgIpc) is 2.47. The quantitative estimate of drug-likeness (QED) is 0.736. The minimum absolute atomic E-state index is 0.0377. The Labute approximate surface area is 71.5 Å². The van der Waals surface area contributed by atoms with Gasteiger partial charge in [-0.2, -0.15) is 13.2 Å². The predicted octanol–water partition coefficient (Wildman–Crippen LogP) is 1.46. The molecule has 0 saturated heterocycles. The molecule has 1 aromatic rings. The Bertz CT molecular complexity index is 292. The monoisotopic (exact) mass is 192 g/mol. The first-order valence-electron chi connectivity index (χ1n) is 3.30. The second-order valence-corrected chi connectivity index (χ2v) is 2.22. The maximum Gasteiger partial charge on any atom is 0.449 e. The molecule has 1 heterocycles. The van der Waals surface area contributed by atoms with Crippen molar-refractivity contribution in [1.82, 2.24) is 5.32 Å². The van der Waals surface area contributed by atoms with Crippen LogP contribution < -0.4 is 5.32 Å². The van der Waals surface area contributed by atoms with E-state index in [1.165, 1.54) is 6.41 Å². The number of halogens is 3. The molecule has 0 aliphatic carbocycles. The third-order valence-corrected chi connectivity index (χ3v) is 1.28. The van der Waals surface area contributed by atoms with Crippen molar-refractivity contribution in [3.63, 3.8) is 0 Å². The molecule has 13 heavy (non-hydrogen) atoms. The summed E-state index contributed by atoms with van der Waals surface area (Å²) in [5.41, 5.74) is 0. The molecule has 6 heteroatoms. The van der Waals surface area contributed by atoms with Crippen LogP contribution in [0.5, 0.6) is 0 Å². The van der Waals surface area contributed by atoms with Gasteiger partial charge in [-0.05, 0) is 12.1 Å². The Kier molecular flexibility index (Phi) is 2.60. The summed E-state index contributed by atoms with van der Waals surface area (Å²) in [6.07, 6.45) is -3.16. The lowest BCUT2D eigenvalue weighted by molar-refractivity contribution is -0.153. The number of hydrogen-bond acceptors (Lipinski definition) is 2. The summed E-state index contributed by atoms with van der Waals surface area (Å²) in [5, 5.41) is 2.06. The minimum Gasteiger partial charge on any atom is -0.455 e. The summed E-state index contributed by atoms with van der Waals surface area (Å²) in [5.74, 6) is -1.04. The molecule has 0 aromatic carbocycles. The lowest BCUT2D eigenvalue weighted by Gasteiger charge is -2.00. The van der Waals surface area contributed by atoms with Gasteiger partial charge in [-0.1, -0.05) is 0 Å². The average molecular weight is 192 g/mol. The van der Waals surface area contributed by atoms with Crippen LogP contribution in [-0.2, 0) is 17.5 Å². The van der Waals surface area contributed by atoms with Gasteiger partial charge in [0.1, 0.15) is 5.76 Å². The van der Waals surface area contributed by atoms with Gasteiger partial charge in [-0.15, -0.1) is 0 Å². The predicted molar refractivity (Wildman–Crippen MR) is 36.2 cm³/mol. The van der Waals surface area contributed by atoms with Gasteiger partial charge in [0, 0.05) is 0 Å². The standard InChI is InChI=1S/C7H5F3NO2/c8-7(9,10)6-2-1-5(13-6)3-11-4-12/h1-2H,3H2,(H,11,12). The molecule has 0 fully saturated rings. The van der Waals surface area contributed by atoms with Crippen molar-refractivity contribution < 1.29 is 22.4 Å². The van der Waals surface area contributed by atoms with Crippen LogP contribution in [0.15, 0.2) is 16.5 Å². The van der Waals surface area contributed by atoms with Gasteiger partial charge in [0.2, 0.25) is 5.76 Å². The fourth-order valence-corrected chi connectivity index (χ4v) is 0.748. The highest BCUT2D eigenvalue weighted by Gasteiger charge is 2.34. The molecule has 1 radical (unpaired) electrons. The molecule has 1 rings (SSSR count). The number of alkyl halides is 3. The van der Waals surface area contributed by atoms with Crippen LogP contribution in [0.3, 0.4) is 0 Å². The Morgan fingerprint density at radius 3 is 2.62 bits per heavy atom. The lowest BCUT2D eigenvalue weighted by Crippen LogP contribution is -2.09. The van der Waals surface area contributed by atoms with Crippen molar-refractivity contribution in [2.45, 2.75) is 12.7 Å². The van der Waals surface area contributed by atoms with Gasteiger partial charge < -0.3 is 9.73 Å².